The van der Waals surface area contributed by atoms with Gasteiger partial charge in [-0.15, -0.1) is 6.42 Å². The molecule has 0 fully saturated rings. The summed E-state index contributed by atoms with van der Waals surface area (Å²) >= 11 is 1.30. The fourth-order valence-electron chi connectivity index (χ4n) is 3.04. The zero-order chi connectivity index (χ0) is 24.0. The van der Waals surface area contributed by atoms with E-state index in [9.17, 15) is 8.42 Å². The molecule has 0 radical (unpaired) electrons. The van der Waals surface area contributed by atoms with Crippen molar-refractivity contribution in [1.29, 1.82) is 0 Å². The van der Waals surface area contributed by atoms with Crippen molar-refractivity contribution in [2.45, 2.75) is 38.0 Å². The molecule has 0 saturated heterocycles. The third-order valence-electron chi connectivity index (χ3n) is 4.38. The number of imidazole rings is 1. The third kappa shape index (κ3) is 6.58. The first-order valence-electron chi connectivity index (χ1n) is 10.1. The molecule has 0 bridgehead atoms. The van der Waals surface area contributed by atoms with Crippen LogP contribution in [0.3, 0.4) is 0 Å². The van der Waals surface area contributed by atoms with Gasteiger partial charge in [0.2, 0.25) is 10.0 Å². The second kappa shape index (κ2) is 10.8. The van der Waals surface area contributed by atoms with Crippen LogP contribution >= 0.6 is 11.8 Å². The van der Waals surface area contributed by atoms with E-state index < -0.39 is 10.0 Å². The molecular formula is C21H26N6O4S2. The Bertz CT molecular complexity index is 1240. The van der Waals surface area contributed by atoms with Gasteiger partial charge in [-0.25, -0.2) is 28.1 Å². The van der Waals surface area contributed by atoms with Crippen molar-refractivity contribution < 1.29 is 17.9 Å². The zero-order valence-corrected chi connectivity index (χ0v) is 20.1. The van der Waals surface area contributed by atoms with Crippen LogP contribution in [0, 0.1) is 12.3 Å². The predicted molar refractivity (Wildman–Crippen MR) is 128 cm³/mol. The molecule has 0 aliphatic carbocycles. The summed E-state index contributed by atoms with van der Waals surface area (Å²) < 4.78 is 39.6. The normalized spacial score (nSPS) is 15.3. The first-order chi connectivity index (χ1) is 15.7. The lowest BCUT2D eigenvalue weighted by Crippen LogP contribution is -2.32. The molecule has 3 rings (SSSR count). The van der Waals surface area contributed by atoms with Crippen molar-refractivity contribution in [3.63, 3.8) is 0 Å². The molecule has 1 aliphatic heterocycles. The number of nitrogen functional groups attached to an aromatic ring is 1. The summed E-state index contributed by atoms with van der Waals surface area (Å²) in [4.78, 5) is 13.7. The summed E-state index contributed by atoms with van der Waals surface area (Å²) in [5, 5.41) is 0.546. The van der Waals surface area contributed by atoms with E-state index in [0.29, 0.717) is 45.5 Å². The highest BCUT2D eigenvalue weighted by atomic mass is 32.2. The monoisotopic (exact) mass is 490 g/mol. The Labute approximate surface area is 197 Å². The minimum absolute atomic E-state index is 0.0429. The van der Waals surface area contributed by atoms with Crippen LogP contribution < -0.4 is 10.5 Å². The molecule has 1 aliphatic rings. The van der Waals surface area contributed by atoms with Crippen molar-refractivity contribution in [2.24, 2.45) is 0 Å². The van der Waals surface area contributed by atoms with Gasteiger partial charge in [-0.05, 0) is 32.4 Å². The van der Waals surface area contributed by atoms with E-state index in [1.165, 1.54) is 18.1 Å². The van der Waals surface area contributed by atoms with Gasteiger partial charge in [0.25, 0.3) is 0 Å². The van der Waals surface area contributed by atoms with E-state index in [1.807, 2.05) is 10.6 Å². The molecule has 2 aromatic heterocycles. The predicted octanol–water partition coefficient (Wildman–Crippen LogP) is 2.18. The standard InChI is InChI=1S/C21H26N6O4S2/c1-5-16-11-15(4)31-13-30-9-7-17(16)32-21-25-18-19(22)23-12-24-20(18)27(21)8-6-10-33(28,29)26-14(2)3/h1,7,11-12,14,26H,4,6,8-10,13H2,2-3H3,(H2,22,23,24). The molecule has 33 heavy (non-hydrogen) atoms. The van der Waals surface area contributed by atoms with E-state index in [0.717, 1.165) is 0 Å². The third-order valence-corrected chi connectivity index (χ3v) is 7.13. The number of sulfonamides is 1. The number of nitrogens with two attached hydrogens (primary N) is 1. The van der Waals surface area contributed by atoms with Crippen LogP contribution in [0.2, 0.25) is 0 Å². The Kier molecular flexibility index (Phi) is 8.15. The number of rotatable bonds is 8. The van der Waals surface area contributed by atoms with Crippen molar-refractivity contribution in [3.05, 3.63) is 41.3 Å². The lowest BCUT2D eigenvalue weighted by Gasteiger charge is -2.12. The van der Waals surface area contributed by atoms with Crippen LogP contribution in [0.1, 0.15) is 20.3 Å². The average molecular weight is 491 g/mol. The van der Waals surface area contributed by atoms with Gasteiger partial charge in [-0.1, -0.05) is 24.3 Å². The molecule has 0 aromatic carbocycles. The van der Waals surface area contributed by atoms with Gasteiger partial charge in [0.15, 0.2) is 28.9 Å². The minimum atomic E-state index is -3.40. The Morgan fingerprint density at radius 2 is 2.21 bits per heavy atom. The maximum atomic E-state index is 12.2. The van der Waals surface area contributed by atoms with Crippen LogP contribution in [0.5, 0.6) is 0 Å². The first-order valence-corrected chi connectivity index (χ1v) is 12.6. The van der Waals surface area contributed by atoms with Gasteiger partial charge >= 0.3 is 0 Å². The second-order valence-corrected chi connectivity index (χ2v) is 10.3. The van der Waals surface area contributed by atoms with Crippen molar-refractivity contribution in [3.8, 4) is 12.3 Å². The number of fused-ring (bicyclic) bond motifs is 1. The number of terminal acetylenes is 1. The van der Waals surface area contributed by atoms with Crippen LogP contribution in [0.25, 0.3) is 11.2 Å². The molecule has 0 saturated carbocycles. The van der Waals surface area contributed by atoms with Crippen LogP contribution in [0.4, 0.5) is 5.82 Å². The number of aromatic nitrogens is 4. The van der Waals surface area contributed by atoms with E-state index in [1.54, 1.807) is 19.9 Å². The Hall–Kier alpha value is -2.85. The van der Waals surface area contributed by atoms with Crippen molar-refractivity contribution in [1.82, 2.24) is 24.2 Å². The molecule has 12 heteroatoms. The Morgan fingerprint density at radius 1 is 1.42 bits per heavy atom. The number of thioether (sulfide) groups is 1. The summed E-state index contributed by atoms with van der Waals surface area (Å²) in [6.07, 6.45) is 10.9. The number of hydrogen-bond acceptors (Lipinski definition) is 9. The fourth-order valence-corrected chi connectivity index (χ4v) is 5.38. The topological polar surface area (TPSA) is 134 Å². The molecule has 0 unspecified atom stereocenters. The van der Waals surface area contributed by atoms with Gasteiger partial charge in [-0.3, -0.25) is 0 Å². The summed E-state index contributed by atoms with van der Waals surface area (Å²) in [5.41, 5.74) is 7.51. The lowest BCUT2D eigenvalue weighted by atomic mass is 10.2. The molecule has 176 valence electrons. The number of anilines is 1. The first kappa shape index (κ1) is 24.8. The largest absolute Gasteiger partial charge is 0.468 e. The highest BCUT2D eigenvalue weighted by molar-refractivity contribution is 8.03. The summed E-state index contributed by atoms with van der Waals surface area (Å²) in [6.45, 7) is 8.06. The maximum Gasteiger partial charge on any atom is 0.211 e. The SMILES string of the molecule is C#CC1=CC(=C)OCOCC=C1Sc1nc2c(N)ncnc2n1CCCS(=O)(=O)NC(C)C. The van der Waals surface area contributed by atoms with Gasteiger partial charge in [-0.2, -0.15) is 0 Å². The molecule has 10 nitrogen and oxygen atoms in total. The molecule has 0 spiro atoms. The molecule has 3 heterocycles. The highest BCUT2D eigenvalue weighted by Gasteiger charge is 2.19. The number of aryl methyl sites for hydroxylation is 1. The van der Waals surface area contributed by atoms with Gasteiger partial charge < -0.3 is 19.8 Å². The Balaban J connectivity index is 1.94. The molecular weight excluding hydrogens is 464 g/mol. The van der Waals surface area contributed by atoms with E-state index in [2.05, 4.69) is 32.2 Å². The molecule has 3 N–H and O–H groups in total. The number of hydrogen-bond donors (Lipinski definition) is 2. The smallest absolute Gasteiger partial charge is 0.211 e. The minimum Gasteiger partial charge on any atom is -0.468 e. The van der Waals surface area contributed by atoms with Crippen LogP contribution in [-0.2, 0) is 26.0 Å². The van der Waals surface area contributed by atoms with E-state index in [4.69, 9.17) is 21.6 Å². The fraction of sp³-hybridized carbons (Fsp3) is 0.381. The quantitative estimate of drug-likeness (QED) is 0.534. The summed E-state index contributed by atoms with van der Waals surface area (Å²) in [7, 11) is -3.40. The van der Waals surface area contributed by atoms with Crippen LogP contribution in [-0.4, -0.2) is 53.1 Å². The van der Waals surface area contributed by atoms with Gasteiger partial charge in [0, 0.05) is 23.1 Å². The number of nitrogens with zero attached hydrogens (tertiary/aromatic N) is 4. The number of allylic oxidation sites excluding steroid dienone is 2. The zero-order valence-electron chi connectivity index (χ0n) is 18.4. The Morgan fingerprint density at radius 3 is 2.94 bits per heavy atom. The molecule has 0 atom stereocenters. The van der Waals surface area contributed by atoms with E-state index >= 15 is 0 Å². The van der Waals surface area contributed by atoms with Gasteiger partial charge in [0.05, 0.1) is 12.4 Å². The van der Waals surface area contributed by atoms with Gasteiger partial charge in [0.1, 0.15) is 12.1 Å². The van der Waals surface area contributed by atoms with E-state index in [-0.39, 0.29) is 31.0 Å². The molecule has 2 aromatic rings. The highest BCUT2D eigenvalue weighted by Crippen LogP contribution is 2.34. The molecule has 0 amide bonds. The summed E-state index contributed by atoms with van der Waals surface area (Å²) in [5.74, 6) is 3.21. The maximum absolute atomic E-state index is 12.2. The average Bonchev–Trinajstić information content (AvgIpc) is 3.11. The number of nitrogens with one attached hydrogen (secondary N) is 1. The summed E-state index contributed by atoms with van der Waals surface area (Å²) in [6, 6.07) is -0.173. The second-order valence-electron chi connectivity index (χ2n) is 7.39. The van der Waals surface area contributed by atoms with Crippen LogP contribution in [0.15, 0.2) is 46.5 Å². The lowest BCUT2D eigenvalue weighted by molar-refractivity contribution is -0.00601. The van der Waals surface area contributed by atoms with Crippen molar-refractivity contribution >= 4 is 38.8 Å². The number of ether oxygens (including phenoxy) is 2. The van der Waals surface area contributed by atoms with Crippen molar-refractivity contribution in [2.75, 3.05) is 24.9 Å².